The molecule has 0 spiro atoms. The number of halogens is 1. The molecule has 0 aromatic heterocycles. The van der Waals surface area contributed by atoms with Gasteiger partial charge in [0.25, 0.3) is 5.91 Å². The lowest BCUT2D eigenvalue weighted by Gasteiger charge is -2.28. The number of hydrogen-bond donors (Lipinski definition) is 2. The number of fused-ring (bicyclic) bond motifs is 1. The lowest BCUT2D eigenvalue weighted by molar-refractivity contribution is -0.116. The fourth-order valence-corrected chi connectivity index (χ4v) is 3.31. The minimum Gasteiger partial charge on any atom is -0.339 e. The first kappa shape index (κ1) is 15.9. The second kappa shape index (κ2) is 6.66. The minimum atomic E-state index is -0.574. The van der Waals surface area contributed by atoms with Crippen molar-refractivity contribution in [2.45, 2.75) is 38.1 Å². The molecule has 1 fully saturated rings. The third kappa shape index (κ3) is 3.37. The molecule has 0 bridgehead atoms. The van der Waals surface area contributed by atoms with E-state index < -0.39 is 5.82 Å². The van der Waals surface area contributed by atoms with Gasteiger partial charge in [0.15, 0.2) is 0 Å². The zero-order valence-electron chi connectivity index (χ0n) is 13.3. The standard InChI is InChI=1S/C17H22FN3O2/c1-21(12-3-2-7-19-8-6-12)17(23)13-9-11-4-5-16(22)20-15(11)10-14(13)18/h9-10,12,19H,2-8H2,1H3,(H,20,22). The molecule has 0 saturated carbocycles. The molecule has 1 aromatic carbocycles. The van der Waals surface area contributed by atoms with Crippen molar-refractivity contribution in [2.24, 2.45) is 0 Å². The van der Waals surface area contributed by atoms with Crippen LogP contribution in [0.5, 0.6) is 0 Å². The molecule has 23 heavy (non-hydrogen) atoms. The highest BCUT2D eigenvalue weighted by atomic mass is 19.1. The lowest BCUT2D eigenvalue weighted by Crippen LogP contribution is -2.38. The molecule has 2 heterocycles. The number of nitrogens with one attached hydrogen (secondary N) is 2. The normalized spacial score (nSPS) is 21.1. The zero-order valence-corrected chi connectivity index (χ0v) is 13.3. The van der Waals surface area contributed by atoms with Gasteiger partial charge in [-0.1, -0.05) is 0 Å². The Hall–Kier alpha value is -1.95. The van der Waals surface area contributed by atoms with Crippen molar-refractivity contribution in [2.75, 3.05) is 25.5 Å². The molecule has 0 radical (unpaired) electrons. The fraction of sp³-hybridized carbons (Fsp3) is 0.529. The molecule has 1 atom stereocenters. The first-order valence-electron chi connectivity index (χ1n) is 8.16. The Morgan fingerprint density at radius 1 is 1.26 bits per heavy atom. The van der Waals surface area contributed by atoms with Crippen LogP contribution in [0.25, 0.3) is 0 Å². The molecule has 1 unspecified atom stereocenters. The van der Waals surface area contributed by atoms with Crippen LogP contribution in [-0.4, -0.2) is 42.9 Å². The van der Waals surface area contributed by atoms with Crippen LogP contribution >= 0.6 is 0 Å². The molecule has 0 aliphatic carbocycles. The van der Waals surface area contributed by atoms with Gasteiger partial charge in [-0.3, -0.25) is 9.59 Å². The van der Waals surface area contributed by atoms with E-state index in [0.717, 1.165) is 37.9 Å². The summed E-state index contributed by atoms with van der Waals surface area (Å²) in [7, 11) is 1.75. The van der Waals surface area contributed by atoms with Gasteiger partial charge in [0.05, 0.1) is 5.56 Å². The summed E-state index contributed by atoms with van der Waals surface area (Å²) in [6, 6.07) is 2.99. The summed E-state index contributed by atoms with van der Waals surface area (Å²) in [5.74, 6) is -0.970. The second-order valence-corrected chi connectivity index (χ2v) is 6.29. The number of amides is 2. The van der Waals surface area contributed by atoms with E-state index in [4.69, 9.17) is 0 Å². The van der Waals surface area contributed by atoms with E-state index in [9.17, 15) is 14.0 Å². The van der Waals surface area contributed by atoms with E-state index in [1.54, 1.807) is 18.0 Å². The van der Waals surface area contributed by atoms with E-state index in [1.165, 1.54) is 6.07 Å². The first-order chi connectivity index (χ1) is 11.1. The molecule has 1 saturated heterocycles. The van der Waals surface area contributed by atoms with Crippen LogP contribution in [0.1, 0.15) is 41.6 Å². The van der Waals surface area contributed by atoms with Crippen LogP contribution in [0.3, 0.4) is 0 Å². The van der Waals surface area contributed by atoms with Crippen LogP contribution in [0, 0.1) is 5.82 Å². The third-order valence-electron chi connectivity index (χ3n) is 4.73. The molecular weight excluding hydrogens is 297 g/mol. The highest BCUT2D eigenvalue weighted by Gasteiger charge is 2.26. The fourth-order valence-electron chi connectivity index (χ4n) is 3.31. The van der Waals surface area contributed by atoms with Crippen molar-refractivity contribution in [1.29, 1.82) is 0 Å². The average molecular weight is 319 g/mol. The molecule has 124 valence electrons. The van der Waals surface area contributed by atoms with Gasteiger partial charge in [-0.15, -0.1) is 0 Å². The van der Waals surface area contributed by atoms with Crippen LogP contribution < -0.4 is 10.6 Å². The summed E-state index contributed by atoms with van der Waals surface area (Å²) in [4.78, 5) is 25.8. The van der Waals surface area contributed by atoms with E-state index >= 15 is 0 Å². The van der Waals surface area contributed by atoms with Gasteiger partial charge in [-0.25, -0.2) is 4.39 Å². The van der Waals surface area contributed by atoms with E-state index in [2.05, 4.69) is 10.6 Å². The van der Waals surface area contributed by atoms with Crippen LogP contribution in [-0.2, 0) is 11.2 Å². The first-order valence-corrected chi connectivity index (χ1v) is 8.16. The van der Waals surface area contributed by atoms with Crippen LogP contribution in [0.4, 0.5) is 10.1 Å². The zero-order chi connectivity index (χ0) is 16.4. The van der Waals surface area contributed by atoms with Crippen molar-refractivity contribution in [3.05, 3.63) is 29.1 Å². The van der Waals surface area contributed by atoms with Crippen LogP contribution in [0.15, 0.2) is 12.1 Å². The quantitative estimate of drug-likeness (QED) is 0.875. The Labute approximate surface area is 135 Å². The predicted octanol–water partition coefficient (Wildman–Crippen LogP) is 1.92. The minimum absolute atomic E-state index is 0.0969. The van der Waals surface area contributed by atoms with Gasteiger partial charge < -0.3 is 15.5 Å². The maximum absolute atomic E-state index is 14.4. The lowest BCUT2D eigenvalue weighted by atomic mass is 9.98. The van der Waals surface area contributed by atoms with Crippen molar-refractivity contribution in [3.63, 3.8) is 0 Å². The predicted molar refractivity (Wildman–Crippen MR) is 86.0 cm³/mol. The molecule has 1 aromatic rings. The Bertz CT molecular complexity index is 625. The Morgan fingerprint density at radius 3 is 2.91 bits per heavy atom. The number of anilines is 1. The summed E-state index contributed by atoms with van der Waals surface area (Å²) >= 11 is 0. The van der Waals surface area contributed by atoms with Crippen LogP contribution in [0.2, 0.25) is 0 Å². The van der Waals surface area contributed by atoms with Crippen molar-refractivity contribution in [1.82, 2.24) is 10.2 Å². The third-order valence-corrected chi connectivity index (χ3v) is 4.73. The Kier molecular flexibility index (Phi) is 4.61. The summed E-state index contributed by atoms with van der Waals surface area (Å²) in [6.07, 6.45) is 3.74. The van der Waals surface area contributed by atoms with Gasteiger partial charge in [0, 0.05) is 25.2 Å². The molecule has 2 aliphatic heterocycles. The molecule has 6 heteroatoms. The van der Waals surface area contributed by atoms with Gasteiger partial charge in [-0.2, -0.15) is 0 Å². The Balaban J connectivity index is 1.82. The topological polar surface area (TPSA) is 61.4 Å². The average Bonchev–Trinajstić information content (AvgIpc) is 2.82. The number of rotatable bonds is 2. The molecule has 2 N–H and O–H groups in total. The molecule has 2 amide bonds. The number of hydrogen-bond acceptors (Lipinski definition) is 3. The van der Waals surface area contributed by atoms with E-state index in [1.807, 2.05) is 0 Å². The summed E-state index contributed by atoms with van der Waals surface area (Å²) in [5, 5.41) is 5.97. The summed E-state index contributed by atoms with van der Waals surface area (Å²) < 4.78 is 14.4. The highest BCUT2D eigenvalue weighted by molar-refractivity contribution is 5.98. The van der Waals surface area contributed by atoms with Gasteiger partial charge in [0.2, 0.25) is 5.91 Å². The smallest absolute Gasteiger partial charge is 0.256 e. The highest BCUT2D eigenvalue weighted by Crippen LogP contribution is 2.27. The monoisotopic (exact) mass is 319 g/mol. The maximum Gasteiger partial charge on any atom is 0.256 e. The molecule has 2 aliphatic rings. The van der Waals surface area contributed by atoms with E-state index in [0.29, 0.717) is 18.5 Å². The van der Waals surface area contributed by atoms with Crippen molar-refractivity contribution >= 4 is 17.5 Å². The number of nitrogens with zero attached hydrogens (tertiary/aromatic N) is 1. The van der Waals surface area contributed by atoms with Crippen molar-refractivity contribution in [3.8, 4) is 0 Å². The number of carbonyl (C=O) groups is 2. The summed E-state index contributed by atoms with van der Waals surface area (Å²) in [6.45, 7) is 1.84. The number of carbonyl (C=O) groups excluding carboxylic acids is 2. The molecular formula is C17H22FN3O2. The van der Waals surface area contributed by atoms with Crippen molar-refractivity contribution < 1.29 is 14.0 Å². The molecule has 3 rings (SSSR count). The second-order valence-electron chi connectivity index (χ2n) is 6.29. The SMILES string of the molecule is CN(C(=O)c1cc2c(cc1F)NC(=O)CC2)C1CCCNCC1. The van der Waals surface area contributed by atoms with Gasteiger partial charge >= 0.3 is 0 Å². The Morgan fingerprint density at radius 2 is 2.09 bits per heavy atom. The maximum atomic E-state index is 14.4. The van der Waals surface area contributed by atoms with Gasteiger partial charge in [-0.05, 0) is 56.5 Å². The largest absolute Gasteiger partial charge is 0.339 e. The number of aryl methyl sites for hydroxylation is 1. The molecule has 5 nitrogen and oxygen atoms in total. The van der Waals surface area contributed by atoms with E-state index in [-0.39, 0.29) is 23.4 Å². The van der Waals surface area contributed by atoms with Gasteiger partial charge in [0.1, 0.15) is 5.82 Å². The summed E-state index contributed by atoms with van der Waals surface area (Å²) in [5.41, 5.74) is 1.40. The number of benzene rings is 1.